The van der Waals surface area contributed by atoms with E-state index < -0.39 is 0 Å². The van der Waals surface area contributed by atoms with Crippen molar-refractivity contribution < 1.29 is 9.90 Å². The molecule has 1 saturated heterocycles. The third-order valence-electron chi connectivity index (χ3n) is 5.91. The number of fused-ring (bicyclic) bond motifs is 1. The molecule has 25 heavy (non-hydrogen) atoms. The molecule has 0 aromatic carbocycles. The molecule has 5 heteroatoms. The molecule has 1 amide bonds. The summed E-state index contributed by atoms with van der Waals surface area (Å²) in [6.07, 6.45) is 9.84. The maximum absolute atomic E-state index is 12.9. The molecule has 1 N–H and O–H groups in total. The van der Waals surface area contributed by atoms with Gasteiger partial charge in [-0.05, 0) is 43.7 Å². The molecule has 5 nitrogen and oxygen atoms in total. The van der Waals surface area contributed by atoms with Crippen molar-refractivity contribution in [3.8, 4) is 0 Å². The molecule has 4 rings (SSSR count). The first-order chi connectivity index (χ1) is 12.1. The van der Waals surface area contributed by atoms with Crippen molar-refractivity contribution in [1.82, 2.24) is 14.3 Å². The Morgan fingerprint density at radius 1 is 1.44 bits per heavy atom. The number of likely N-dealkylation sites (tertiary alicyclic amines) is 1. The molecule has 3 heterocycles. The van der Waals surface area contributed by atoms with E-state index in [1.54, 1.807) is 0 Å². The second kappa shape index (κ2) is 6.45. The van der Waals surface area contributed by atoms with Crippen molar-refractivity contribution in [2.75, 3.05) is 19.7 Å². The summed E-state index contributed by atoms with van der Waals surface area (Å²) < 4.78 is 2.01. The Labute approximate surface area is 148 Å². The van der Waals surface area contributed by atoms with Crippen LogP contribution in [0.15, 0.2) is 24.5 Å². The number of hydrogen-bond acceptors (Lipinski definition) is 3. The van der Waals surface area contributed by atoms with E-state index >= 15 is 0 Å². The maximum atomic E-state index is 12.9. The zero-order valence-corrected chi connectivity index (χ0v) is 14.9. The SMILES string of the molecule is Cc1cccn2c(CC(=O)N3CCCC(CO)(CC4CC4)C3)cnc12. The van der Waals surface area contributed by atoms with Crippen LogP contribution in [0.5, 0.6) is 0 Å². The number of amides is 1. The summed E-state index contributed by atoms with van der Waals surface area (Å²) in [5, 5.41) is 9.99. The quantitative estimate of drug-likeness (QED) is 0.909. The van der Waals surface area contributed by atoms with Crippen molar-refractivity contribution in [2.24, 2.45) is 11.3 Å². The molecule has 134 valence electrons. The molecule has 0 spiro atoms. The van der Waals surface area contributed by atoms with Crippen molar-refractivity contribution in [3.05, 3.63) is 35.8 Å². The normalized spacial score (nSPS) is 24.0. The molecule has 0 radical (unpaired) electrons. The Bertz CT molecular complexity index is 780. The van der Waals surface area contributed by atoms with Gasteiger partial charge in [0.05, 0.1) is 18.7 Å². The van der Waals surface area contributed by atoms with Crippen molar-refractivity contribution in [3.63, 3.8) is 0 Å². The smallest absolute Gasteiger partial charge is 0.228 e. The fourth-order valence-corrected chi connectivity index (χ4v) is 4.32. The fourth-order valence-electron chi connectivity index (χ4n) is 4.32. The van der Waals surface area contributed by atoms with E-state index in [9.17, 15) is 9.90 Å². The minimum Gasteiger partial charge on any atom is -0.396 e. The lowest BCUT2D eigenvalue weighted by molar-refractivity contribution is -0.135. The number of aryl methyl sites for hydroxylation is 1. The molecule has 2 aromatic rings. The number of rotatable bonds is 5. The number of hydrogen-bond donors (Lipinski definition) is 1. The highest BCUT2D eigenvalue weighted by Crippen LogP contribution is 2.44. The van der Waals surface area contributed by atoms with Crippen LogP contribution in [0.3, 0.4) is 0 Å². The van der Waals surface area contributed by atoms with E-state index in [0.717, 1.165) is 48.6 Å². The maximum Gasteiger partial charge on any atom is 0.228 e. The van der Waals surface area contributed by atoms with Gasteiger partial charge < -0.3 is 14.4 Å². The second-order valence-corrected chi connectivity index (χ2v) is 8.04. The van der Waals surface area contributed by atoms with E-state index in [1.807, 2.05) is 40.8 Å². The van der Waals surface area contributed by atoms with E-state index in [2.05, 4.69) is 4.98 Å². The lowest BCUT2D eigenvalue weighted by Gasteiger charge is -2.42. The average molecular weight is 341 g/mol. The van der Waals surface area contributed by atoms with E-state index in [1.165, 1.54) is 12.8 Å². The van der Waals surface area contributed by atoms with Gasteiger partial charge in [0.15, 0.2) is 0 Å². The molecular weight excluding hydrogens is 314 g/mol. The van der Waals surface area contributed by atoms with Crippen LogP contribution in [0.2, 0.25) is 0 Å². The Morgan fingerprint density at radius 2 is 2.28 bits per heavy atom. The molecule has 1 atom stereocenters. The van der Waals surface area contributed by atoms with Gasteiger partial charge in [0.1, 0.15) is 5.65 Å². The van der Waals surface area contributed by atoms with Crippen LogP contribution in [0.4, 0.5) is 0 Å². The number of nitrogens with zero attached hydrogens (tertiary/aromatic N) is 3. The highest BCUT2D eigenvalue weighted by molar-refractivity contribution is 5.79. The largest absolute Gasteiger partial charge is 0.396 e. The van der Waals surface area contributed by atoms with Crippen LogP contribution < -0.4 is 0 Å². The van der Waals surface area contributed by atoms with Crippen LogP contribution in [0.25, 0.3) is 5.65 Å². The summed E-state index contributed by atoms with van der Waals surface area (Å²) >= 11 is 0. The highest BCUT2D eigenvalue weighted by Gasteiger charge is 2.40. The third kappa shape index (κ3) is 3.30. The number of carbonyl (C=O) groups excluding carboxylic acids is 1. The van der Waals surface area contributed by atoms with Crippen molar-refractivity contribution >= 4 is 11.6 Å². The molecule has 1 aliphatic heterocycles. The van der Waals surface area contributed by atoms with Gasteiger partial charge in [-0.2, -0.15) is 0 Å². The number of carbonyl (C=O) groups is 1. The standard InChI is InChI=1S/C20H27N3O2/c1-15-4-2-9-23-17(12-21-19(15)23)10-18(25)22-8-3-7-20(13-22,14-24)11-16-5-6-16/h2,4,9,12,16,24H,3,5-8,10-11,13-14H2,1H3. The Kier molecular flexibility index (Phi) is 4.28. The summed E-state index contributed by atoms with van der Waals surface area (Å²) in [5.41, 5.74) is 2.89. The fraction of sp³-hybridized carbons (Fsp3) is 0.600. The van der Waals surface area contributed by atoms with E-state index in [4.69, 9.17) is 0 Å². The predicted molar refractivity (Wildman–Crippen MR) is 96.3 cm³/mol. The first-order valence-electron chi connectivity index (χ1n) is 9.40. The minimum absolute atomic E-state index is 0.0782. The molecule has 1 aliphatic carbocycles. The van der Waals surface area contributed by atoms with Crippen LogP contribution in [-0.2, 0) is 11.2 Å². The second-order valence-electron chi connectivity index (χ2n) is 8.04. The molecule has 2 aromatic heterocycles. The van der Waals surface area contributed by atoms with Crippen LogP contribution in [0.1, 0.15) is 43.4 Å². The van der Waals surface area contributed by atoms with Gasteiger partial charge in [0.25, 0.3) is 0 Å². The molecule has 1 saturated carbocycles. The zero-order valence-electron chi connectivity index (χ0n) is 14.9. The number of aliphatic hydroxyl groups excluding tert-OH is 1. The zero-order chi connectivity index (χ0) is 17.4. The van der Waals surface area contributed by atoms with Gasteiger partial charge in [-0.1, -0.05) is 18.9 Å². The highest BCUT2D eigenvalue weighted by atomic mass is 16.3. The topological polar surface area (TPSA) is 57.8 Å². The monoisotopic (exact) mass is 341 g/mol. The summed E-state index contributed by atoms with van der Waals surface area (Å²) in [7, 11) is 0. The molecule has 0 bridgehead atoms. The van der Waals surface area contributed by atoms with E-state index in [0.29, 0.717) is 13.0 Å². The Morgan fingerprint density at radius 3 is 3.04 bits per heavy atom. The van der Waals surface area contributed by atoms with Gasteiger partial charge in [0.2, 0.25) is 5.91 Å². The summed E-state index contributed by atoms with van der Waals surface area (Å²) in [6, 6.07) is 4.03. The Balaban J connectivity index is 1.49. The van der Waals surface area contributed by atoms with E-state index in [-0.39, 0.29) is 17.9 Å². The van der Waals surface area contributed by atoms with Crippen LogP contribution in [0, 0.1) is 18.3 Å². The number of pyridine rings is 1. The molecule has 2 aliphatic rings. The lowest BCUT2D eigenvalue weighted by Crippen LogP contribution is -2.48. The van der Waals surface area contributed by atoms with Gasteiger partial charge >= 0.3 is 0 Å². The van der Waals surface area contributed by atoms with Gasteiger partial charge in [-0.3, -0.25) is 4.79 Å². The van der Waals surface area contributed by atoms with Gasteiger partial charge in [-0.15, -0.1) is 0 Å². The first-order valence-corrected chi connectivity index (χ1v) is 9.40. The number of aliphatic hydroxyl groups is 1. The molecular formula is C20H27N3O2. The summed E-state index contributed by atoms with van der Waals surface area (Å²) in [4.78, 5) is 19.3. The lowest BCUT2D eigenvalue weighted by atomic mass is 9.76. The molecule has 2 fully saturated rings. The van der Waals surface area contributed by atoms with Crippen molar-refractivity contribution in [1.29, 1.82) is 0 Å². The van der Waals surface area contributed by atoms with Crippen LogP contribution >= 0.6 is 0 Å². The average Bonchev–Trinajstić information content (AvgIpc) is 3.34. The number of aromatic nitrogens is 2. The summed E-state index contributed by atoms with van der Waals surface area (Å²) in [6.45, 7) is 3.74. The first kappa shape index (κ1) is 16.6. The summed E-state index contributed by atoms with van der Waals surface area (Å²) in [5.74, 6) is 0.917. The van der Waals surface area contributed by atoms with Gasteiger partial charge in [0, 0.05) is 30.9 Å². The number of imidazole rings is 1. The third-order valence-corrected chi connectivity index (χ3v) is 5.91. The number of piperidine rings is 1. The predicted octanol–water partition coefficient (Wildman–Crippen LogP) is 2.59. The van der Waals surface area contributed by atoms with Crippen LogP contribution in [-0.4, -0.2) is 45.0 Å². The minimum atomic E-state index is -0.0782. The molecule has 1 unspecified atom stereocenters. The van der Waals surface area contributed by atoms with Gasteiger partial charge in [-0.25, -0.2) is 4.98 Å². The van der Waals surface area contributed by atoms with Crippen molar-refractivity contribution in [2.45, 2.75) is 45.4 Å². The Hall–Kier alpha value is -1.88.